The highest BCUT2D eigenvalue weighted by molar-refractivity contribution is 5.22. The Balaban J connectivity index is 2.28. The molecule has 0 heterocycles. The molecule has 0 spiro atoms. The second kappa shape index (κ2) is 6.84. The Kier molecular flexibility index (Phi) is 5.33. The fourth-order valence-corrected chi connectivity index (χ4v) is 3.72. The van der Waals surface area contributed by atoms with Gasteiger partial charge in [0, 0.05) is 11.6 Å². The van der Waals surface area contributed by atoms with Gasteiger partial charge in [-0.25, -0.2) is 8.78 Å². The fourth-order valence-electron chi connectivity index (χ4n) is 3.72. The lowest BCUT2D eigenvalue weighted by molar-refractivity contribution is 0.105. The summed E-state index contributed by atoms with van der Waals surface area (Å²) in [5, 5.41) is 3.51. The Morgan fingerprint density at radius 2 is 1.90 bits per heavy atom. The summed E-state index contributed by atoms with van der Waals surface area (Å²) >= 11 is 0. The van der Waals surface area contributed by atoms with Crippen molar-refractivity contribution in [2.45, 2.75) is 50.6 Å². The Bertz CT molecular complexity index is 468. The first kappa shape index (κ1) is 16.4. The van der Waals surface area contributed by atoms with E-state index in [4.69, 9.17) is 0 Å². The third kappa shape index (κ3) is 3.27. The van der Waals surface area contributed by atoms with Crippen LogP contribution < -0.4 is 5.32 Å². The molecule has 2 rings (SSSR count). The zero-order chi connectivity index (χ0) is 15.5. The zero-order valence-electron chi connectivity index (χ0n) is 13.3. The van der Waals surface area contributed by atoms with Crippen LogP contribution in [0.15, 0.2) is 18.2 Å². The van der Waals surface area contributed by atoms with E-state index in [9.17, 15) is 8.78 Å². The van der Waals surface area contributed by atoms with E-state index in [1.165, 1.54) is 18.9 Å². The second-order valence-electron chi connectivity index (χ2n) is 6.23. The Labute approximate surface area is 126 Å². The minimum absolute atomic E-state index is 0.0365. The van der Waals surface area contributed by atoms with Crippen LogP contribution in [0.1, 0.15) is 38.2 Å². The van der Waals surface area contributed by atoms with E-state index in [0.29, 0.717) is 12.0 Å². The number of likely N-dealkylation sites (N-methyl/N-ethyl adjacent to an activating group) is 2. The summed E-state index contributed by atoms with van der Waals surface area (Å²) in [4.78, 5) is 2.27. The highest BCUT2D eigenvalue weighted by Crippen LogP contribution is 2.38. The molecule has 1 atom stereocenters. The molecule has 2 nitrogen and oxygen atoms in total. The van der Waals surface area contributed by atoms with Gasteiger partial charge in [-0.3, -0.25) is 0 Å². The van der Waals surface area contributed by atoms with Crippen LogP contribution in [0.5, 0.6) is 0 Å². The van der Waals surface area contributed by atoms with Crippen molar-refractivity contribution in [3.63, 3.8) is 0 Å². The van der Waals surface area contributed by atoms with Crippen molar-refractivity contribution in [3.8, 4) is 0 Å². The summed E-state index contributed by atoms with van der Waals surface area (Å²) in [5.74, 6) is -1.46. The largest absolute Gasteiger partial charge is 0.312 e. The van der Waals surface area contributed by atoms with Crippen LogP contribution in [0.2, 0.25) is 0 Å². The van der Waals surface area contributed by atoms with Gasteiger partial charge in [-0.1, -0.05) is 31.9 Å². The predicted molar refractivity (Wildman–Crippen MR) is 82.4 cm³/mol. The van der Waals surface area contributed by atoms with Gasteiger partial charge in [-0.05, 0) is 51.5 Å². The van der Waals surface area contributed by atoms with Gasteiger partial charge in [0.25, 0.3) is 0 Å². The molecule has 0 amide bonds. The van der Waals surface area contributed by atoms with Gasteiger partial charge >= 0.3 is 0 Å². The molecular weight excluding hydrogens is 270 g/mol. The van der Waals surface area contributed by atoms with E-state index in [0.717, 1.165) is 19.4 Å². The summed E-state index contributed by atoms with van der Waals surface area (Å²) in [7, 11) is 4.19. The van der Waals surface area contributed by atoms with Crippen LogP contribution in [0, 0.1) is 11.6 Å². The number of halogens is 2. The van der Waals surface area contributed by atoms with Crippen molar-refractivity contribution in [2.24, 2.45) is 0 Å². The zero-order valence-corrected chi connectivity index (χ0v) is 13.3. The molecule has 0 aromatic heterocycles. The Hall–Kier alpha value is -1.00. The van der Waals surface area contributed by atoms with Crippen molar-refractivity contribution in [1.29, 1.82) is 0 Å². The lowest BCUT2D eigenvalue weighted by atomic mass is 9.83. The Morgan fingerprint density at radius 3 is 2.48 bits per heavy atom. The molecule has 21 heavy (non-hydrogen) atoms. The monoisotopic (exact) mass is 296 g/mol. The average molecular weight is 296 g/mol. The van der Waals surface area contributed by atoms with E-state index >= 15 is 0 Å². The lowest BCUT2D eigenvalue weighted by Crippen LogP contribution is -2.58. The molecule has 1 unspecified atom stereocenters. The standard InChI is InChI=1S/C17H26F2N2/c1-4-20-15(17(21(2)3)10-5-6-11-17)12-13-8-7-9-14(18)16(13)19/h7-9,15,20H,4-6,10-12H2,1-3H3. The molecule has 1 aliphatic carbocycles. The summed E-state index contributed by atoms with van der Waals surface area (Å²) in [6.45, 7) is 2.89. The smallest absolute Gasteiger partial charge is 0.162 e. The molecule has 1 N–H and O–H groups in total. The minimum Gasteiger partial charge on any atom is -0.312 e. The number of rotatable bonds is 6. The molecule has 1 saturated carbocycles. The maximum atomic E-state index is 14.0. The van der Waals surface area contributed by atoms with Crippen molar-refractivity contribution in [3.05, 3.63) is 35.4 Å². The Morgan fingerprint density at radius 1 is 1.24 bits per heavy atom. The predicted octanol–water partition coefficient (Wildman–Crippen LogP) is 3.36. The fraction of sp³-hybridized carbons (Fsp3) is 0.647. The van der Waals surface area contributed by atoms with Gasteiger partial charge in [0.1, 0.15) is 0 Å². The summed E-state index contributed by atoms with van der Waals surface area (Å²) in [6.07, 6.45) is 5.14. The van der Waals surface area contributed by atoms with Crippen molar-refractivity contribution in [2.75, 3.05) is 20.6 Å². The average Bonchev–Trinajstić information content (AvgIpc) is 2.94. The SMILES string of the molecule is CCNC(Cc1cccc(F)c1F)C1(N(C)C)CCCC1. The minimum atomic E-state index is -0.756. The summed E-state index contributed by atoms with van der Waals surface area (Å²) in [6, 6.07) is 4.60. The molecule has 1 aliphatic rings. The van der Waals surface area contributed by atoms with E-state index in [1.807, 2.05) is 0 Å². The molecule has 1 aromatic rings. The van der Waals surface area contributed by atoms with Crippen molar-refractivity contribution >= 4 is 0 Å². The maximum absolute atomic E-state index is 14.0. The molecular formula is C17H26F2N2. The van der Waals surface area contributed by atoms with Crippen LogP contribution in [-0.2, 0) is 6.42 Å². The molecule has 0 aliphatic heterocycles. The molecule has 0 radical (unpaired) electrons. The number of hydrogen-bond acceptors (Lipinski definition) is 2. The van der Waals surface area contributed by atoms with Crippen LogP contribution in [-0.4, -0.2) is 37.1 Å². The normalized spacial score (nSPS) is 19.1. The molecule has 0 saturated heterocycles. The third-order valence-corrected chi connectivity index (χ3v) is 4.91. The first-order chi connectivity index (χ1) is 10.0. The first-order valence-electron chi connectivity index (χ1n) is 7.85. The van der Waals surface area contributed by atoms with Crippen LogP contribution >= 0.6 is 0 Å². The molecule has 1 fully saturated rings. The highest BCUT2D eigenvalue weighted by atomic mass is 19.2. The van der Waals surface area contributed by atoms with Crippen LogP contribution in [0.3, 0.4) is 0 Å². The number of nitrogens with zero attached hydrogens (tertiary/aromatic N) is 1. The number of hydrogen-bond donors (Lipinski definition) is 1. The quantitative estimate of drug-likeness (QED) is 0.866. The van der Waals surface area contributed by atoms with Gasteiger partial charge in [0.15, 0.2) is 11.6 Å². The van der Waals surface area contributed by atoms with Crippen molar-refractivity contribution in [1.82, 2.24) is 10.2 Å². The number of nitrogens with one attached hydrogen (secondary N) is 1. The summed E-state index contributed by atoms with van der Waals surface area (Å²) in [5.41, 5.74) is 0.503. The molecule has 0 bridgehead atoms. The topological polar surface area (TPSA) is 15.3 Å². The van der Waals surface area contributed by atoms with Crippen LogP contribution in [0.25, 0.3) is 0 Å². The van der Waals surface area contributed by atoms with Gasteiger partial charge in [-0.2, -0.15) is 0 Å². The van der Waals surface area contributed by atoms with Gasteiger partial charge in [-0.15, -0.1) is 0 Å². The lowest BCUT2D eigenvalue weighted by Gasteiger charge is -2.44. The number of benzene rings is 1. The second-order valence-corrected chi connectivity index (χ2v) is 6.23. The molecule has 1 aromatic carbocycles. The van der Waals surface area contributed by atoms with E-state index < -0.39 is 11.6 Å². The van der Waals surface area contributed by atoms with E-state index in [2.05, 4.69) is 31.2 Å². The first-order valence-corrected chi connectivity index (χ1v) is 7.85. The molecule has 118 valence electrons. The van der Waals surface area contributed by atoms with Crippen molar-refractivity contribution < 1.29 is 8.78 Å². The van der Waals surface area contributed by atoms with E-state index in [1.54, 1.807) is 12.1 Å². The van der Waals surface area contributed by atoms with Gasteiger partial charge < -0.3 is 10.2 Å². The molecule has 4 heteroatoms. The summed E-state index contributed by atoms with van der Waals surface area (Å²) < 4.78 is 27.4. The van der Waals surface area contributed by atoms with Gasteiger partial charge in [0.05, 0.1) is 0 Å². The van der Waals surface area contributed by atoms with Gasteiger partial charge in [0.2, 0.25) is 0 Å². The highest BCUT2D eigenvalue weighted by Gasteiger charge is 2.42. The van der Waals surface area contributed by atoms with Crippen LogP contribution in [0.4, 0.5) is 8.78 Å². The van der Waals surface area contributed by atoms with E-state index in [-0.39, 0.29) is 11.6 Å². The maximum Gasteiger partial charge on any atom is 0.162 e. The third-order valence-electron chi connectivity index (χ3n) is 4.91.